The Hall–Kier alpha value is -0.640. The van der Waals surface area contributed by atoms with Crippen LogP contribution in [0.1, 0.15) is 39.5 Å². The fourth-order valence-electron chi connectivity index (χ4n) is 2.11. The summed E-state index contributed by atoms with van der Waals surface area (Å²) >= 11 is 0. The molecule has 1 aliphatic carbocycles. The van der Waals surface area contributed by atoms with Crippen LogP contribution in [0.5, 0.6) is 0 Å². The van der Waals surface area contributed by atoms with E-state index in [1.165, 1.54) is 0 Å². The van der Waals surface area contributed by atoms with Crippen LogP contribution in [0.25, 0.3) is 0 Å². The minimum atomic E-state index is -3.28. The van der Waals surface area contributed by atoms with Gasteiger partial charge >= 0.3 is 0 Å². The Morgan fingerprint density at radius 2 is 2.11 bits per heavy atom. The number of ether oxygens (including phenoxy) is 1. The molecular weight excluding hydrogens is 264 g/mol. The van der Waals surface area contributed by atoms with E-state index in [9.17, 15) is 8.42 Å². The summed E-state index contributed by atoms with van der Waals surface area (Å²) in [6.07, 6.45) is 3.12. The molecule has 1 N–H and O–H groups in total. The lowest BCUT2D eigenvalue weighted by atomic mass is 10.1. The molecule has 1 rings (SSSR count). The summed E-state index contributed by atoms with van der Waals surface area (Å²) in [6, 6.07) is 2.11. The summed E-state index contributed by atoms with van der Waals surface area (Å²) in [4.78, 5) is 0. The van der Waals surface area contributed by atoms with Crippen molar-refractivity contribution in [1.82, 2.24) is 4.72 Å². The molecule has 0 spiro atoms. The van der Waals surface area contributed by atoms with Crippen molar-refractivity contribution < 1.29 is 13.2 Å². The zero-order valence-electron chi connectivity index (χ0n) is 11.8. The van der Waals surface area contributed by atoms with Gasteiger partial charge < -0.3 is 4.74 Å². The number of rotatable bonds is 8. The Morgan fingerprint density at radius 1 is 1.37 bits per heavy atom. The minimum Gasteiger partial charge on any atom is -0.380 e. The van der Waals surface area contributed by atoms with E-state index < -0.39 is 10.0 Å². The third kappa shape index (κ3) is 6.90. The summed E-state index contributed by atoms with van der Waals surface area (Å²) in [7, 11) is -3.28. The summed E-state index contributed by atoms with van der Waals surface area (Å²) < 4.78 is 31.6. The molecule has 0 aliphatic heterocycles. The molecule has 0 aromatic heterocycles. The van der Waals surface area contributed by atoms with Crippen LogP contribution in [0.3, 0.4) is 0 Å². The zero-order valence-corrected chi connectivity index (χ0v) is 12.6. The van der Waals surface area contributed by atoms with E-state index in [0.717, 1.165) is 19.3 Å². The third-order valence-electron chi connectivity index (χ3n) is 3.30. The average Bonchev–Trinajstić information content (AvgIpc) is 2.75. The van der Waals surface area contributed by atoms with E-state index in [1.807, 2.05) is 0 Å². The van der Waals surface area contributed by atoms with Crippen molar-refractivity contribution in [3.05, 3.63) is 0 Å². The molecule has 5 nitrogen and oxygen atoms in total. The van der Waals surface area contributed by atoms with Crippen molar-refractivity contribution >= 4 is 10.0 Å². The molecule has 1 aliphatic rings. The minimum absolute atomic E-state index is 0.00118. The molecule has 1 fully saturated rings. The van der Waals surface area contributed by atoms with Gasteiger partial charge in [0.1, 0.15) is 0 Å². The molecule has 0 bridgehead atoms. The van der Waals surface area contributed by atoms with Crippen molar-refractivity contribution in [3.8, 4) is 6.07 Å². The van der Waals surface area contributed by atoms with Crippen molar-refractivity contribution in [3.63, 3.8) is 0 Å². The monoisotopic (exact) mass is 288 g/mol. The molecule has 110 valence electrons. The van der Waals surface area contributed by atoms with Gasteiger partial charge in [-0.15, -0.1) is 0 Å². The second kappa shape index (κ2) is 7.83. The first-order chi connectivity index (χ1) is 8.93. The van der Waals surface area contributed by atoms with Gasteiger partial charge in [-0.3, -0.25) is 0 Å². The summed E-state index contributed by atoms with van der Waals surface area (Å²) in [5.74, 6) is 0.560. The van der Waals surface area contributed by atoms with Gasteiger partial charge in [0.15, 0.2) is 0 Å². The Morgan fingerprint density at radius 3 is 2.68 bits per heavy atom. The van der Waals surface area contributed by atoms with Crippen molar-refractivity contribution in [2.24, 2.45) is 11.8 Å². The van der Waals surface area contributed by atoms with Gasteiger partial charge in [0, 0.05) is 18.6 Å². The van der Waals surface area contributed by atoms with Gasteiger partial charge in [-0.05, 0) is 31.6 Å². The Bertz CT molecular complexity index is 401. The first kappa shape index (κ1) is 16.4. The second-order valence-electron chi connectivity index (χ2n) is 5.57. The maximum atomic E-state index is 11.8. The summed E-state index contributed by atoms with van der Waals surface area (Å²) in [5.41, 5.74) is 0. The van der Waals surface area contributed by atoms with E-state index in [4.69, 9.17) is 10.00 Å². The predicted molar refractivity (Wildman–Crippen MR) is 73.9 cm³/mol. The number of nitrogens with zero attached hydrogens (tertiary/aromatic N) is 1. The van der Waals surface area contributed by atoms with Crippen LogP contribution < -0.4 is 4.72 Å². The molecule has 0 aromatic rings. The normalized spacial score (nSPS) is 23.7. The molecule has 0 saturated heterocycles. The molecule has 0 radical (unpaired) electrons. The van der Waals surface area contributed by atoms with E-state index in [0.29, 0.717) is 18.9 Å². The van der Waals surface area contributed by atoms with E-state index in [-0.39, 0.29) is 24.3 Å². The lowest BCUT2D eigenvalue weighted by Gasteiger charge is -2.13. The summed E-state index contributed by atoms with van der Waals surface area (Å²) in [5, 5.41) is 8.78. The quantitative estimate of drug-likeness (QED) is 0.689. The molecule has 19 heavy (non-hydrogen) atoms. The molecule has 6 heteroatoms. The molecule has 0 amide bonds. The zero-order chi connectivity index (χ0) is 14.3. The number of nitrogens with one attached hydrogen (secondary N) is 1. The second-order valence-corrected chi connectivity index (χ2v) is 7.44. The van der Waals surface area contributed by atoms with E-state index >= 15 is 0 Å². The van der Waals surface area contributed by atoms with Crippen LogP contribution in [0.15, 0.2) is 0 Å². The number of hydrogen-bond donors (Lipinski definition) is 1. The maximum absolute atomic E-state index is 11.8. The SMILES string of the molecule is CC(C)CCOCCS(=O)(=O)NC1CCC(C#N)C1. The largest absolute Gasteiger partial charge is 0.380 e. The van der Waals surface area contributed by atoms with Crippen LogP contribution >= 0.6 is 0 Å². The average molecular weight is 288 g/mol. The first-order valence-corrected chi connectivity index (χ1v) is 8.55. The highest BCUT2D eigenvalue weighted by Gasteiger charge is 2.27. The predicted octanol–water partition coefficient (Wildman–Crippen LogP) is 1.66. The lowest BCUT2D eigenvalue weighted by Crippen LogP contribution is -2.35. The van der Waals surface area contributed by atoms with Gasteiger partial charge in [0.2, 0.25) is 10.0 Å². The van der Waals surface area contributed by atoms with Crippen molar-refractivity contribution in [1.29, 1.82) is 5.26 Å². The van der Waals surface area contributed by atoms with Gasteiger partial charge in [-0.2, -0.15) is 5.26 Å². The molecule has 2 atom stereocenters. The smallest absolute Gasteiger partial charge is 0.214 e. The van der Waals surface area contributed by atoms with Crippen LogP contribution in [0.2, 0.25) is 0 Å². The standard InChI is InChI=1S/C13H24N2O3S/c1-11(2)5-6-18-7-8-19(16,17)15-13-4-3-12(9-13)10-14/h11-13,15H,3-9H2,1-2H3. The Balaban J connectivity index is 2.20. The van der Waals surface area contributed by atoms with Crippen LogP contribution in [-0.2, 0) is 14.8 Å². The Kier molecular flexibility index (Phi) is 6.76. The molecule has 1 saturated carbocycles. The van der Waals surface area contributed by atoms with Crippen molar-refractivity contribution in [2.45, 2.75) is 45.6 Å². The van der Waals surface area contributed by atoms with Crippen LogP contribution in [0.4, 0.5) is 0 Å². The Labute approximate surface area is 116 Å². The molecule has 0 aromatic carbocycles. The highest BCUT2D eigenvalue weighted by molar-refractivity contribution is 7.89. The summed E-state index contributed by atoms with van der Waals surface area (Å²) in [6.45, 7) is 5.05. The van der Waals surface area contributed by atoms with Gasteiger partial charge in [0.25, 0.3) is 0 Å². The highest BCUT2D eigenvalue weighted by atomic mass is 32.2. The molecule has 0 heterocycles. The fourth-order valence-corrected chi connectivity index (χ4v) is 3.29. The molecule has 2 unspecified atom stereocenters. The number of hydrogen-bond acceptors (Lipinski definition) is 4. The highest BCUT2D eigenvalue weighted by Crippen LogP contribution is 2.25. The maximum Gasteiger partial charge on any atom is 0.214 e. The topological polar surface area (TPSA) is 79.2 Å². The third-order valence-corrected chi connectivity index (χ3v) is 4.69. The number of nitriles is 1. The van der Waals surface area contributed by atoms with Crippen molar-refractivity contribution in [2.75, 3.05) is 19.0 Å². The fraction of sp³-hybridized carbons (Fsp3) is 0.923. The van der Waals surface area contributed by atoms with Gasteiger partial charge in [-0.25, -0.2) is 13.1 Å². The van der Waals surface area contributed by atoms with E-state index in [1.54, 1.807) is 0 Å². The van der Waals surface area contributed by atoms with Crippen LogP contribution in [0, 0.1) is 23.2 Å². The van der Waals surface area contributed by atoms with Gasteiger partial charge in [0.05, 0.1) is 18.4 Å². The van der Waals surface area contributed by atoms with E-state index in [2.05, 4.69) is 24.6 Å². The lowest BCUT2D eigenvalue weighted by molar-refractivity contribution is 0.137. The molecular formula is C13H24N2O3S. The first-order valence-electron chi connectivity index (χ1n) is 6.90. The van der Waals surface area contributed by atoms with Crippen LogP contribution in [-0.4, -0.2) is 33.4 Å². The van der Waals surface area contributed by atoms with Gasteiger partial charge in [-0.1, -0.05) is 13.8 Å². The number of sulfonamides is 1.